The van der Waals surface area contributed by atoms with Crippen LogP contribution in [0.3, 0.4) is 0 Å². The lowest BCUT2D eigenvalue weighted by molar-refractivity contribution is 0.102. The van der Waals surface area contributed by atoms with E-state index < -0.39 is 0 Å². The van der Waals surface area contributed by atoms with Crippen LogP contribution in [0.25, 0.3) is 0 Å². The van der Waals surface area contributed by atoms with Crippen molar-refractivity contribution in [2.24, 2.45) is 0 Å². The molecule has 0 radical (unpaired) electrons. The third-order valence-corrected chi connectivity index (χ3v) is 3.55. The smallest absolute Gasteiger partial charge is 0.257 e. The van der Waals surface area contributed by atoms with Gasteiger partial charge in [-0.3, -0.25) is 4.79 Å². The molecule has 2 aromatic rings. The molecule has 2 aromatic carbocycles. The van der Waals surface area contributed by atoms with Crippen LogP contribution in [0, 0.1) is 0 Å². The van der Waals surface area contributed by atoms with Crippen molar-refractivity contribution in [1.29, 1.82) is 0 Å². The second-order valence-electron chi connectivity index (χ2n) is 4.31. The van der Waals surface area contributed by atoms with Gasteiger partial charge in [0.15, 0.2) is 0 Å². The van der Waals surface area contributed by atoms with Gasteiger partial charge in [0.2, 0.25) is 0 Å². The molecule has 2 N–H and O–H groups in total. The van der Waals surface area contributed by atoms with Gasteiger partial charge in [-0.05, 0) is 42.9 Å². The van der Waals surface area contributed by atoms with Gasteiger partial charge in [-0.1, -0.05) is 39.7 Å². The fraction of sp³-hybridized carbons (Fsp3) is 0.133. The van der Waals surface area contributed by atoms with E-state index in [4.69, 9.17) is 11.6 Å². The fourth-order valence-corrected chi connectivity index (χ4v) is 2.59. The van der Waals surface area contributed by atoms with Crippen molar-refractivity contribution in [2.75, 3.05) is 12.4 Å². The minimum atomic E-state index is -0.218. The molecule has 0 aliphatic heterocycles. The minimum absolute atomic E-state index is 0.218. The van der Waals surface area contributed by atoms with Crippen molar-refractivity contribution in [3.8, 4) is 0 Å². The molecular weight excluding hydrogens is 340 g/mol. The van der Waals surface area contributed by atoms with Crippen molar-refractivity contribution < 1.29 is 4.79 Å². The zero-order valence-corrected chi connectivity index (χ0v) is 13.3. The maximum atomic E-state index is 12.2. The number of nitrogens with one attached hydrogen (secondary N) is 2. The molecule has 0 unspecified atom stereocenters. The van der Waals surface area contributed by atoms with Gasteiger partial charge in [-0.2, -0.15) is 0 Å². The first-order valence-electron chi connectivity index (χ1n) is 6.10. The first-order chi connectivity index (χ1) is 9.60. The third kappa shape index (κ3) is 3.82. The molecule has 0 atom stereocenters. The molecule has 0 fully saturated rings. The second-order valence-corrected chi connectivity index (χ2v) is 5.63. The van der Waals surface area contributed by atoms with E-state index in [0.29, 0.717) is 10.6 Å². The van der Waals surface area contributed by atoms with Gasteiger partial charge in [0.05, 0.1) is 10.6 Å². The Morgan fingerprint density at radius 2 is 2.05 bits per heavy atom. The van der Waals surface area contributed by atoms with Crippen LogP contribution in [-0.4, -0.2) is 13.0 Å². The Morgan fingerprint density at radius 1 is 1.25 bits per heavy atom. The fourth-order valence-electron chi connectivity index (χ4n) is 1.84. The molecular formula is C15H14BrClN2O. The lowest BCUT2D eigenvalue weighted by atomic mass is 10.1. The summed E-state index contributed by atoms with van der Waals surface area (Å²) in [5.41, 5.74) is 2.31. The SMILES string of the molecule is CNCc1cccc(NC(=O)c2ccc(Br)cc2Cl)c1. The van der Waals surface area contributed by atoms with E-state index in [1.807, 2.05) is 31.3 Å². The number of hydrogen-bond donors (Lipinski definition) is 2. The van der Waals surface area contributed by atoms with Crippen molar-refractivity contribution in [2.45, 2.75) is 6.54 Å². The van der Waals surface area contributed by atoms with E-state index in [9.17, 15) is 4.79 Å². The molecule has 2 rings (SSSR count). The molecule has 3 nitrogen and oxygen atoms in total. The van der Waals surface area contributed by atoms with Crippen LogP contribution in [0.4, 0.5) is 5.69 Å². The van der Waals surface area contributed by atoms with Crippen LogP contribution in [0.1, 0.15) is 15.9 Å². The van der Waals surface area contributed by atoms with Gasteiger partial charge in [0, 0.05) is 16.7 Å². The van der Waals surface area contributed by atoms with E-state index >= 15 is 0 Å². The van der Waals surface area contributed by atoms with Crippen molar-refractivity contribution >= 4 is 39.1 Å². The zero-order valence-electron chi connectivity index (χ0n) is 10.9. The Labute approximate surface area is 131 Å². The van der Waals surface area contributed by atoms with Crippen LogP contribution < -0.4 is 10.6 Å². The van der Waals surface area contributed by atoms with Gasteiger partial charge < -0.3 is 10.6 Å². The Bertz CT molecular complexity index is 631. The number of carbonyl (C=O) groups excluding carboxylic acids is 1. The van der Waals surface area contributed by atoms with Gasteiger partial charge in [0.25, 0.3) is 5.91 Å². The van der Waals surface area contributed by atoms with E-state index in [-0.39, 0.29) is 5.91 Å². The van der Waals surface area contributed by atoms with Crippen LogP contribution in [0.5, 0.6) is 0 Å². The average Bonchev–Trinajstić information content (AvgIpc) is 2.39. The molecule has 5 heteroatoms. The largest absolute Gasteiger partial charge is 0.322 e. The molecule has 0 bridgehead atoms. The molecule has 0 aromatic heterocycles. The number of carbonyl (C=O) groups is 1. The van der Waals surface area contributed by atoms with Gasteiger partial charge >= 0.3 is 0 Å². The summed E-state index contributed by atoms with van der Waals surface area (Å²) in [6.45, 7) is 0.753. The predicted molar refractivity (Wildman–Crippen MR) is 86.3 cm³/mol. The number of amides is 1. The highest BCUT2D eigenvalue weighted by atomic mass is 79.9. The molecule has 1 amide bonds. The van der Waals surface area contributed by atoms with Crippen LogP contribution >= 0.6 is 27.5 Å². The summed E-state index contributed by atoms with van der Waals surface area (Å²) in [6.07, 6.45) is 0. The normalized spacial score (nSPS) is 10.3. The van der Waals surface area contributed by atoms with Crippen molar-refractivity contribution in [3.05, 3.63) is 63.1 Å². The Morgan fingerprint density at radius 3 is 2.75 bits per heavy atom. The van der Waals surface area contributed by atoms with E-state index in [1.165, 1.54) is 0 Å². The lowest BCUT2D eigenvalue weighted by Crippen LogP contribution is -2.13. The van der Waals surface area contributed by atoms with Crippen LogP contribution in [0.2, 0.25) is 5.02 Å². The van der Waals surface area contributed by atoms with E-state index in [2.05, 4.69) is 26.6 Å². The summed E-state index contributed by atoms with van der Waals surface area (Å²) in [6, 6.07) is 12.9. The Balaban J connectivity index is 2.17. The van der Waals surface area contributed by atoms with Gasteiger partial charge in [-0.25, -0.2) is 0 Å². The van der Waals surface area contributed by atoms with Crippen molar-refractivity contribution in [3.63, 3.8) is 0 Å². The highest BCUT2D eigenvalue weighted by Gasteiger charge is 2.11. The number of anilines is 1. The molecule has 0 aliphatic rings. The highest BCUT2D eigenvalue weighted by molar-refractivity contribution is 9.10. The quantitative estimate of drug-likeness (QED) is 0.870. The maximum Gasteiger partial charge on any atom is 0.257 e. The molecule has 0 aliphatic carbocycles. The summed E-state index contributed by atoms with van der Waals surface area (Å²) >= 11 is 9.39. The minimum Gasteiger partial charge on any atom is -0.322 e. The summed E-state index contributed by atoms with van der Waals surface area (Å²) in [4.78, 5) is 12.2. The van der Waals surface area contributed by atoms with Crippen molar-refractivity contribution in [1.82, 2.24) is 5.32 Å². The first kappa shape index (κ1) is 15.0. The monoisotopic (exact) mass is 352 g/mol. The number of benzene rings is 2. The number of halogens is 2. The second kappa shape index (κ2) is 6.88. The molecule has 0 spiro atoms. The summed E-state index contributed by atoms with van der Waals surface area (Å²) in [5, 5.41) is 6.34. The summed E-state index contributed by atoms with van der Waals surface area (Å²) in [5.74, 6) is -0.218. The van der Waals surface area contributed by atoms with Crippen LogP contribution in [-0.2, 0) is 6.54 Å². The van der Waals surface area contributed by atoms with E-state index in [0.717, 1.165) is 22.3 Å². The Kier molecular flexibility index (Phi) is 5.17. The first-order valence-corrected chi connectivity index (χ1v) is 7.27. The molecule has 20 heavy (non-hydrogen) atoms. The molecule has 104 valence electrons. The number of rotatable bonds is 4. The zero-order chi connectivity index (χ0) is 14.5. The number of hydrogen-bond acceptors (Lipinski definition) is 2. The third-order valence-electron chi connectivity index (χ3n) is 2.74. The van der Waals surface area contributed by atoms with E-state index in [1.54, 1.807) is 18.2 Å². The predicted octanol–water partition coefficient (Wildman–Crippen LogP) is 4.07. The lowest BCUT2D eigenvalue weighted by Gasteiger charge is -2.08. The molecule has 0 saturated carbocycles. The average molecular weight is 354 g/mol. The molecule has 0 saturated heterocycles. The summed E-state index contributed by atoms with van der Waals surface area (Å²) in [7, 11) is 1.88. The van der Waals surface area contributed by atoms with Gasteiger partial charge in [0.1, 0.15) is 0 Å². The summed E-state index contributed by atoms with van der Waals surface area (Å²) < 4.78 is 0.843. The van der Waals surface area contributed by atoms with Crippen LogP contribution in [0.15, 0.2) is 46.9 Å². The topological polar surface area (TPSA) is 41.1 Å². The molecule has 0 heterocycles. The van der Waals surface area contributed by atoms with Gasteiger partial charge in [-0.15, -0.1) is 0 Å². The standard InChI is InChI=1S/C15H14BrClN2O/c1-18-9-10-3-2-4-12(7-10)19-15(20)13-6-5-11(16)8-14(13)17/h2-8,18H,9H2,1H3,(H,19,20). The maximum absolute atomic E-state index is 12.2. The Hall–Kier alpha value is -1.36. The highest BCUT2D eigenvalue weighted by Crippen LogP contribution is 2.22.